The molecule has 0 fully saturated rings. The normalized spacial score (nSPS) is 10.3. The molecule has 3 aromatic rings. The molecule has 0 bridgehead atoms. The highest BCUT2D eigenvalue weighted by molar-refractivity contribution is 6.31. The van der Waals surface area contributed by atoms with Crippen LogP contribution in [0.25, 0.3) is 16.0 Å². The van der Waals surface area contributed by atoms with Gasteiger partial charge in [0.25, 0.3) is 0 Å². The Balaban J connectivity index is 2.15. The number of hydrogen-bond donors (Lipinski definition) is 1. The van der Waals surface area contributed by atoms with Crippen molar-refractivity contribution in [3.63, 3.8) is 0 Å². The van der Waals surface area contributed by atoms with Crippen molar-refractivity contribution in [2.45, 2.75) is 6.61 Å². The molecule has 0 heterocycles. The van der Waals surface area contributed by atoms with E-state index in [0.29, 0.717) is 0 Å². The van der Waals surface area contributed by atoms with E-state index in [9.17, 15) is 14.3 Å². The molecule has 134 valence electrons. The van der Waals surface area contributed by atoms with Crippen LogP contribution in [0.4, 0.5) is 10.1 Å². The molecule has 0 unspecified atom stereocenters. The van der Waals surface area contributed by atoms with Crippen molar-refractivity contribution in [3.8, 4) is 16.9 Å². The summed E-state index contributed by atoms with van der Waals surface area (Å²) in [6, 6.07) is 15.8. The van der Waals surface area contributed by atoms with E-state index in [1.807, 2.05) is 30.3 Å². The number of aromatic carboxylic acids is 1. The van der Waals surface area contributed by atoms with Crippen LogP contribution in [0.1, 0.15) is 15.9 Å². The molecule has 3 aromatic carbocycles. The number of carboxylic acid groups (broad SMARTS) is 1. The van der Waals surface area contributed by atoms with Crippen LogP contribution < -0.4 is 4.74 Å². The van der Waals surface area contributed by atoms with E-state index < -0.39 is 11.8 Å². The van der Waals surface area contributed by atoms with Crippen molar-refractivity contribution in [1.29, 1.82) is 0 Å². The minimum Gasteiger partial charge on any atom is -0.488 e. The minimum atomic E-state index is -1.32. The van der Waals surface area contributed by atoms with Gasteiger partial charge in [-0.15, -0.1) is 0 Å². The average Bonchev–Trinajstić information content (AvgIpc) is 2.68. The third-order valence-electron chi connectivity index (χ3n) is 3.91. The third-order valence-corrected chi connectivity index (χ3v) is 4.15. The van der Waals surface area contributed by atoms with Gasteiger partial charge in [-0.3, -0.25) is 0 Å². The maximum atomic E-state index is 14.4. The van der Waals surface area contributed by atoms with Gasteiger partial charge >= 0.3 is 5.97 Å². The Kier molecular flexibility index (Phi) is 5.39. The summed E-state index contributed by atoms with van der Waals surface area (Å²) in [5.74, 6) is -1.95. The van der Waals surface area contributed by atoms with Crippen molar-refractivity contribution in [2.75, 3.05) is 0 Å². The van der Waals surface area contributed by atoms with Crippen LogP contribution >= 0.6 is 11.6 Å². The Morgan fingerprint density at radius 1 is 1.15 bits per heavy atom. The fourth-order valence-electron chi connectivity index (χ4n) is 2.70. The zero-order valence-electron chi connectivity index (χ0n) is 13.9. The van der Waals surface area contributed by atoms with Crippen LogP contribution in [0.15, 0.2) is 60.7 Å². The van der Waals surface area contributed by atoms with E-state index in [1.165, 1.54) is 24.3 Å². The Hall–Kier alpha value is -3.36. The molecule has 0 aliphatic carbocycles. The predicted octanol–water partition coefficient (Wildman–Crippen LogP) is 5.97. The quantitative estimate of drug-likeness (QED) is 0.553. The van der Waals surface area contributed by atoms with E-state index in [1.54, 1.807) is 0 Å². The molecule has 1 N–H and O–H groups in total. The van der Waals surface area contributed by atoms with E-state index in [4.69, 9.17) is 22.9 Å². The van der Waals surface area contributed by atoms with Crippen molar-refractivity contribution in [1.82, 2.24) is 0 Å². The topological polar surface area (TPSA) is 50.9 Å². The Bertz CT molecular complexity index is 1050. The molecule has 0 radical (unpaired) electrons. The van der Waals surface area contributed by atoms with Crippen molar-refractivity contribution in [3.05, 3.63) is 94.0 Å². The van der Waals surface area contributed by atoms with Crippen LogP contribution in [-0.4, -0.2) is 11.1 Å². The maximum Gasteiger partial charge on any atom is 0.338 e. The first-order valence-corrected chi connectivity index (χ1v) is 8.29. The highest BCUT2D eigenvalue weighted by Crippen LogP contribution is 2.41. The van der Waals surface area contributed by atoms with Gasteiger partial charge in [0.2, 0.25) is 0 Å². The monoisotopic (exact) mass is 381 g/mol. The lowest BCUT2D eigenvalue weighted by Crippen LogP contribution is -2.06. The molecule has 3 rings (SSSR count). The Labute approximate surface area is 160 Å². The number of nitrogens with zero attached hydrogens (tertiary/aromatic N) is 1. The summed E-state index contributed by atoms with van der Waals surface area (Å²) in [5, 5.41) is 9.98. The summed E-state index contributed by atoms with van der Waals surface area (Å²) in [6.45, 7) is 7.47. The van der Waals surface area contributed by atoms with Gasteiger partial charge < -0.3 is 9.84 Å². The van der Waals surface area contributed by atoms with E-state index >= 15 is 0 Å². The van der Waals surface area contributed by atoms with Crippen LogP contribution in [-0.2, 0) is 6.61 Å². The van der Waals surface area contributed by atoms with Crippen LogP contribution in [0.3, 0.4) is 0 Å². The molecule has 0 aliphatic rings. The zero-order chi connectivity index (χ0) is 19.4. The lowest BCUT2D eigenvalue weighted by atomic mass is 9.96. The summed E-state index contributed by atoms with van der Waals surface area (Å²) >= 11 is 5.95. The van der Waals surface area contributed by atoms with Gasteiger partial charge in [-0.05, 0) is 29.8 Å². The van der Waals surface area contributed by atoms with Gasteiger partial charge in [0.1, 0.15) is 18.2 Å². The first-order valence-electron chi connectivity index (χ1n) is 7.91. The van der Waals surface area contributed by atoms with Gasteiger partial charge in [0, 0.05) is 16.1 Å². The lowest BCUT2D eigenvalue weighted by Gasteiger charge is -2.15. The number of benzene rings is 3. The van der Waals surface area contributed by atoms with Gasteiger partial charge in [-0.1, -0.05) is 48.0 Å². The van der Waals surface area contributed by atoms with E-state index in [-0.39, 0.29) is 39.8 Å². The number of carbonyl (C=O) groups is 1. The fraction of sp³-hybridized carbons (Fsp3) is 0.0476. The number of ether oxygens (including phenoxy) is 1. The average molecular weight is 382 g/mol. The Morgan fingerprint density at radius 2 is 1.89 bits per heavy atom. The summed E-state index contributed by atoms with van der Waals surface area (Å²) in [5.41, 5.74) is 0.457. The number of carboxylic acids is 1. The lowest BCUT2D eigenvalue weighted by molar-refractivity contribution is 0.0692. The molecule has 0 amide bonds. The number of hydrogen-bond acceptors (Lipinski definition) is 2. The standard InChI is InChI=1S/C21H13ClFNO3/c1-24-17-9-10-18(27-12-13-5-3-2-4-6-13)20(21(25)26)19(17)15-11-14(22)7-8-16(15)23/h2-11H,12H2,(H,25,26). The van der Waals surface area contributed by atoms with Crippen molar-refractivity contribution < 1.29 is 19.0 Å². The molecular weight excluding hydrogens is 369 g/mol. The minimum absolute atomic E-state index is 0.000581. The van der Waals surface area contributed by atoms with Crippen LogP contribution in [0, 0.1) is 12.4 Å². The highest BCUT2D eigenvalue weighted by Gasteiger charge is 2.24. The molecule has 4 nitrogen and oxygen atoms in total. The molecule has 0 aromatic heterocycles. The van der Waals surface area contributed by atoms with Gasteiger partial charge in [0.05, 0.1) is 12.1 Å². The molecule has 0 saturated carbocycles. The molecule has 0 spiro atoms. The number of rotatable bonds is 5. The summed E-state index contributed by atoms with van der Waals surface area (Å²) in [4.78, 5) is 15.3. The fourth-order valence-corrected chi connectivity index (χ4v) is 2.87. The molecule has 27 heavy (non-hydrogen) atoms. The van der Waals surface area contributed by atoms with Crippen molar-refractivity contribution in [2.24, 2.45) is 0 Å². The van der Waals surface area contributed by atoms with Gasteiger partial charge in [-0.2, -0.15) is 0 Å². The Morgan fingerprint density at radius 3 is 2.56 bits per heavy atom. The van der Waals surface area contributed by atoms with Crippen LogP contribution in [0.5, 0.6) is 5.75 Å². The first-order chi connectivity index (χ1) is 13.0. The summed E-state index contributed by atoms with van der Waals surface area (Å²) in [7, 11) is 0. The molecular formula is C21H13ClFNO3. The summed E-state index contributed by atoms with van der Waals surface area (Å²) < 4.78 is 20.1. The molecule has 6 heteroatoms. The second-order valence-electron chi connectivity index (χ2n) is 5.65. The van der Waals surface area contributed by atoms with Crippen LogP contribution in [0.2, 0.25) is 5.02 Å². The van der Waals surface area contributed by atoms with E-state index in [2.05, 4.69) is 4.85 Å². The second-order valence-corrected chi connectivity index (χ2v) is 6.08. The first kappa shape index (κ1) is 18.4. The second kappa shape index (κ2) is 7.90. The summed E-state index contributed by atoms with van der Waals surface area (Å²) in [6.07, 6.45) is 0. The maximum absolute atomic E-state index is 14.4. The van der Waals surface area contributed by atoms with Crippen molar-refractivity contribution >= 4 is 23.3 Å². The zero-order valence-corrected chi connectivity index (χ0v) is 14.7. The highest BCUT2D eigenvalue weighted by atomic mass is 35.5. The molecule has 0 aliphatic heterocycles. The smallest absolute Gasteiger partial charge is 0.338 e. The van der Waals surface area contributed by atoms with Gasteiger partial charge in [-0.25, -0.2) is 14.0 Å². The molecule has 0 atom stereocenters. The van der Waals surface area contributed by atoms with E-state index in [0.717, 1.165) is 11.6 Å². The largest absolute Gasteiger partial charge is 0.488 e. The SMILES string of the molecule is [C-]#[N+]c1ccc(OCc2ccccc2)c(C(=O)O)c1-c1cc(Cl)ccc1F. The molecule has 0 saturated heterocycles. The van der Waals surface area contributed by atoms with Gasteiger partial charge in [0.15, 0.2) is 5.69 Å². The predicted molar refractivity (Wildman–Crippen MR) is 101 cm³/mol. The third kappa shape index (κ3) is 3.91. The number of halogens is 2.